The Balaban J connectivity index is 1.72. The van der Waals surface area contributed by atoms with E-state index in [1.807, 2.05) is 18.2 Å². The zero-order valence-electron chi connectivity index (χ0n) is 11.6. The van der Waals surface area contributed by atoms with E-state index in [4.69, 9.17) is 17.4 Å². The standard InChI is InChI=1S/C15H17ClN4O/c16-12-2-3-13-11(9-12)1-4-14(18-13)19-15(21)10-5-7-20(17)8-6-10/h1-4,9-10H,5-8,17H2,(H,18,19,21). The number of nitrogens with two attached hydrogens (primary N) is 1. The molecule has 2 aromatic rings. The molecule has 3 N–H and O–H groups in total. The number of benzene rings is 1. The van der Waals surface area contributed by atoms with Crippen molar-refractivity contribution >= 4 is 34.2 Å². The molecule has 1 aromatic heterocycles. The predicted octanol–water partition coefficient (Wildman–Crippen LogP) is 2.41. The van der Waals surface area contributed by atoms with Crippen LogP contribution in [0.15, 0.2) is 30.3 Å². The maximum absolute atomic E-state index is 12.2. The molecule has 5 nitrogen and oxygen atoms in total. The van der Waals surface area contributed by atoms with Crippen molar-refractivity contribution in [1.29, 1.82) is 0 Å². The number of piperidine rings is 1. The normalized spacial score (nSPS) is 17.0. The zero-order chi connectivity index (χ0) is 14.8. The molecule has 110 valence electrons. The second-order valence-corrected chi connectivity index (χ2v) is 5.77. The largest absolute Gasteiger partial charge is 0.310 e. The number of hydrazine groups is 1. The number of nitrogens with one attached hydrogen (secondary N) is 1. The van der Waals surface area contributed by atoms with Gasteiger partial charge in [-0.15, -0.1) is 0 Å². The third-order valence-electron chi connectivity index (χ3n) is 3.80. The smallest absolute Gasteiger partial charge is 0.228 e. The van der Waals surface area contributed by atoms with Gasteiger partial charge >= 0.3 is 0 Å². The molecule has 1 fully saturated rings. The van der Waals surface area contributed by atoms with Crippen molar-refractivity contribution in [2.75, 3.05) is 18.4 Å². The number of fused-ring (bicyclic) bond motifs is 1. The molecule has 1 aromatic carbocycles. The average Bonchev–Trinajstić information content (AvgIpc) is 2.48. The van der Waals surface area contributed by atoms with E-state index in [0.29, 0.717) is 10.8 Å². The van der Waals surface area contributed by atoms with Gasteiger partial charge in [0.25, 0.3) is 0 Å². The topological polar surface area (TPSA) is 71.2 Å². The van der Waals surface area contributed by atoms with Gasteiger partial charge in [-0.3, -0.25) is 10.6 Å². The molecule has 0 atom stereocenters. The van der Waals surface area contributed by atoms with Crippen molar-refractivity contribution < 1.29 is 4.79 Å². The summed E-state index contributed by atoms with van der Waals surface area (Å²) in [6.07, 6.45) is 1.57. The van der Waals surface area contributed by atoms with E-state index in [1.165, 1.54) is 0 Å². The Morgan fingerprint density at radius 1 is 1.29 bits per heavy atom. The van der Waals surface area contributed by atoms with Crippen LogP contribution in [0.3, 0.4) is 0 Å². The van der Waals surface area contributed by atoms with E-state index >= 15 is 0 Å². The number of anilines is 1. The molecule has 0 bridgehead atoms. The molecule has 0 saturated carbocycles. The van der Waals surface area contributed by atoms with Crippen molar-refractivity contribution in [3.05, 3.63) is 35.4 Å². The number of hydrogen-bond acceptors (Lipinski definition) is 4. The summed E-state index contributed by atoms with van der Waals surface area (Å²) in [6, 6.07) is 9.20. The Bertz CT molecular complexity index is 668. The Kier molecular flexibility index (Phi) is 4.05. The van der Waals surface area contributed by atoms with Crippen molar-refractivity contribution in [2.24, 2.45) is 11.8 Å². The van der Waals surface area contributed by atoms with Gasteiger partial charge in [0.2, 0.25) is 5.91 Å². The molecule has 1 aliphatic heterocycles. The van der Waals surface area contributed by atoms with Gasteiger partial charge in [-0.25, -0.2) is 9.99 Å². The first-order valence-corrected chi connectivity index (χ1v) is 7.36. The highest BCUT2D eigenvalue weighted by Crippen LogP contribution is 2.21. The Hall–Kier alpha value is -1.69. The molecule has 0 radical (unpaired) electrons. The fraction of sp³-hybridized carbons (Fsp3) is 0.333. The molecule has 1 amide bonds. The highest BCUT2D eigenvalue weighted by atomic mass is 35.5. The van der Waals surface area contributed by atoms with Crippen molar-refractivity contribution in [3.8, 4) is 0 Å². The summed E-state index contributed by atoms with van der Waals surface area (Å²) in [5.74, 6) is 6.30. The lowest BCUT2D eigenvalue weighted by Gasteiger charge is -2.27. The number of aromatic nitrogens is 1. The third kappa shape index (κ3) is 3.32. The highest BCUT2D eigenvalue weighted by Gasteiger charge is 2.23. The maximum atomic E-state index is 12.2. The van der Waals surface area contributed by atoms with Crippen LogP contribution in [-0.4, -0.2) is 29.0 Å². The van der Waals surface area contributed by atoms with E-state index in [-0.39, 0.29) is 11.8 Å². The second kappa shape index (κ2) is 5.97. The van der Waals surface area contributed by atoms with Crippen molar-refractivity contribution in [3.63, 3.8) is 0 Å². The molecule has 0 spiro atoms. The number of amides is 1. The number of carbonyl (C=O) groups is 1. The number of pyridine rings is 1. The number of halogens is 1. The number of nitrogens with zero attached hydrogens (tertiary/aromatic N) is 2. The summed E-state index contributed by atoms with van der Waals surface area (Å²) in [5, 5.41) is 6.27. The zero-order valence-corrected chi connectivity index (χ0v) is 12.3. The van der Waals surface area contributed by atoms with Gasteiger partial charge in [-0.2, -0.15) is 0 Å². The van der Waals surface area contributed by atoms with Crippen LogP contribution in [0.5, 0.6) is 0 Å². The van der Waals surface area contributed by atoms with Gasteiger partial charge < -0.3 is 5.32 Å². The third-order valence-corrected chi connectivity index (χ3v) is 4.04. The first kappa shape index (κ1) is 14.3. The summed E-state index contributed by atoms with van der Waals surface area (Å²) in [4.78, 5) is 16.7. The van der Waals surface area contributed by atoms with E-state index in [9.17, 15) is 4.79 Å². The SMILES string of the molecule is NN1CCC(C(=O)Nc2ccc3cc(Cl)ccc3n2)CC1. The summed E-state index contributed by atoms with van der Waals surface area (Å²) in [7, 11) is 0. The molecule has 3 rings (SSSR count). The predicted molar refractivity (Wildman–Crippen MR) is 83.9 cm³/mol. The van der Waals surface area contributed by atoms with Gasteiger partial charge in [0.15, 0.2) is 0 Å². The first-order valence-electron chi connectivity index (χ1n) is 6.98. The number of rotatable bonds is 2. The minimum atomic E-state index is 0.00696. The van der Waals surface area contributed by atoms with Gasteiger partial charge in [-0.1, -0.05) is 11.6 Å². The van der Waals surface area contributed by atoms with Crippen LogP contribution < -0.4 is 11.2 Å². The Labute approximate surface area is 128 Å². The lowest BCUT2D eigenvalue weighted by atomic mass is 9.97. The number of carbonyl (C=O) groups excluding carboxylic acids is 1. The molecule has 2 heterocycles. The van der Waals surface area contributed by atoms with Crippen molar-refractivity contribution in [1.82, 2.24) is 9.99 Å². The van der Waals surface area contributed by atoms with E-state index in [2.05, 4.69) is 10.3 Å². The Morgan fingerprint density at radius 2 is 2.05 bits per heavy atom. The van der Waals surface area contributed by atoms with Crippen LogP contribution in [0.1, 0.15) is 12.8 Å². The van der Waals surface area contributed by atoms with Crippen LogP contribution in [0.4, 0.5) is 5.82 Å². The van der Waals surface area contributed by atoms with Crippen LogP contribution >= 0.6 is 11.6 Å². The molecule has 1 saturated heterocycles. The number of hydrogen-bond donors (Lipinski definition) is 2. The lowest BCUT2D eigenvalue weighted by molar-refractivity contribution is -0.121. The summed E-state index contributed by atoms with van der Waals surface area (Å²) >= 11 is 5.94. The lowest BCUT2D eigenvalue weighted by Crippen LogP contribution is -2.41. The molecule has 21 heavy (non-hydrogen) atoms. The van der Waals surface area contributed by atoms with Crippen LogP contribution in [-0.2, 0) is 4.79 Å². The van der Waals surface area contributed by atoms with E-state index in [1.54, 1.807) is 17.1 Å². The van der Waals surface area contributed by atoms with Crippen LogP contribution in [0.2, 0.25) is 5.02 Å². The fourth-order valence-electron chi connectivity index (χ4n) is 2.56. The van der Waals surface area contributed by atoms with Crippen molar-refractivity contribution in [2.45, 2.75) is 12.8 Å². The molecule has 0 unspecified atom stereocenters. The van der Waals surface area contributed by atoms with E-state index in [0.717, 1.165) is 36.8 Å². The Morgan fingerprint density at radius 3 is 2.81 bits per heavy atom. The molecule has 6 heteroatoms. The maximum Gasteiger partial charge on any atom is 0.228 e. The van der Waals surface area contributed by atoms with Gasteiger partial charge in [0, 0.05) is 29.4 Å². The second-order valence-electron chi connectivity index (χ2n) is 5.33. The highest BCUT2D eigenvalue weighted by molar-refractivity contribution is 6.31. The van der Waals surface area contributed by atoms with Crippen LogP contribution in [0.25, 0.3) is 10.9 Å². The van der Waals surface area contributed by atoms with Crippen LogP contribution in [0, 0.1) is 5.92 Å². The average molecular weight is 305 g/mol. The molecule has 0 aliphatic carbocycles. The minimum absolute atomic E-state index is 0.00696. The van der Waals surface area contributed by atoms with Gasteiger partial charge in [0.1, 0.15) is 5.82 Å². The molecule has 1 aliphatic rings. The fourth-order valence-corrected chi connectivity index (χ4v) is 2.74. The van der Waals surface area contributed by atoms with E-state index < -0.39 is 0 Å². The monoisotopic (exact) mass is 304 g/mol. The van der Waals surface area contributed by atoms with Gasteiger partial charge in [-0.05, 0) is 43.2 Å². The first-order chi connectivity index (χ1) is 10.1. The summed E-state index contributed by atoms with van der Waals surface area (Å²) < 4.78 is 0. The summed E-state index contributed by atoms with van der Waals surface area (Å²) in [5.41, 5.74) is 0.814. The molecular formula is C15H17ClN4O. The summed E-state index contributed by atoms with van der Waals surface area (Å²) in [6.45, 7) is 1.50. The van der Waals surface area contributed by atoms with Gasteiger partial charge in [0.05, 0.1) is 5.52 Å². The quantitative estimate of drug-likeness (QED) is 0.836. The molecular weight excluding hydrogens is 288 g/mol. The minimum Gasteiger partial charge on any atom is -0.310 e.